The zero-order chi connectivity index (χ0) is 12.3. The third-order valence-corrected chi connectivity index (χ3v) is 3.33. The average Bonchev–Trinajstić information content (AvgIpc) is 2.26. The molecule has 0 aliphatic rings. The van der Waals surface area contributed by atoms with E-state index < -0.39 is 0 Å². The van der Waals surface area contributed by atoms with Crippen LogP contribution in [0.1, 0.15) is 43.0 Å². The zero-order valence-electron chi connectivity index (χ0n) is 11.0. The second-order valence-corrected chi connectivity index (χ2v) is 4.60. The third kappa shape index (κ3) is 2.56. The van der Waals surface area contributed by atoms with Crippen LogP contribution in [0.5, 0.6) is 5.75 Å². The van der Waals surface area contributed by atoms with E-state index in [9.17, 15) is 0 Å². The van der Waals surface area contributed by atoms with E-state index in [0.29, 0.717) is 5.92 Å². The first-order valence-electron chi connectivity index (χ1n) is 5.92. The van der Waals surface area contributed by atoms with E-state index in [0.717, 1.165) is 23.3 Å². The van der Waals surface area contributed by atoms with Crippen molar-refractivity contribution in [1.82, 2.24) is 0 Å². The highest BCUT2D eigenvalue weighted by Gasteiger charge is 2.15. The topological polar surface area (TPSA) is 35.2 Å². The molecule has 2 nitrogen and oxygen atoms in total. The van der Waals surface area contributed by atoms with Gasteiger partial charge in [-0.15, -0.1) is 0 Å². The van der Waals surface area contributed by atoms with Crippen LogP contribution in [-0.4, -0.2) is 7.11 Å². The quantitative estimate of drug-likeness (QED) is 0.846. The number of aryl methyl sites for hydroxylation is 2. The van der Waals surface area contributed by atoms with Crippen LogP contribution in [0, 0.1) is 19.8 Å². The summed E-state index contributed by atoms with van der Waals surface area (Å²) in [4.78, 5) is 0. The molecule has 16 heavy (non-hydrogen) atoms. The molecule has 0 saturated heterocycles. The van der Waals surface area contributed by atoms with E-state index in [1.54, 1.807) is 7.11 Å². The van der Waals surface area contributed by atoms with E-state index in [1.807, 2.05) is 0 Å². The summed E-state index contributed by atoms with van der Waals surface area (Å²) in [5, 5.41) is 0. The molecule has 2 unspecified atom stereocenters. The molecule has 2 heteroatoms. The molecule has 90 valence electrons. The van der Waals surface area contributed by atoms with Crippen LogP contribution in [0.2, 0.25) is 0 Å². The van der Waals surface area contributed by atoms with E-state index in [4.69, 9.17) is 10.5 Å². The first-order chi connectivity index (χ1) is 7.51. The molecule has 2 atom stereocenters. The lowest BCUT2D eigenvalue weighted by Crippen LogP contribution is -2.18. The first-order valence-corrected chi connectivity index (χ1v) is 5.92. The zero-order valence-corrected chi connectivity index (χ0v) is 11.0. The summed E-state index contributed by atoms with van der Waals surface area (Å²) in [7, 11) is 1.71. The minimum Gasteiger partial charge on any atom is -0.496 e. The average molecular weight is 221 g/mol. The largest absolute Gasteiger partial charge is 0.496 e. The highest BCUT2D eigenvalue weighted by Crippen LogP contribution is 2.29. The fourth-order valence-electron chi connectivity index (χ4n) is 2.08. The van der Waals surface area contributed by atoms with Crippen LogP contribution in [-0.2, 0) is 0 Å². The van der Waals surface area contributed by atoms with Gasteiger partial charge in [-0.3, -0.25) is 0 Å². The lowest BCUT2D eigenvalue weighted by molar-refractivity contribution is 0.407. The predicted molar refractivity (Wildman–Crippen MR) is 68.9 cm³/mol. The fraction of sp³-hybridized carbons (Fsp3) is 0.571. The third-order valence-electron chi connectivity index (χ3n) is 3.33. The molecule has 0 bridgehead atoms. The van der Waals surface area contributed by atoms with E-state index in [1.165, 1.54) is 5.56 Å². The molecular weight excluding hydrogens is 198 g/mol. The van der Waals surface area contributed by atoms with Crippen LogP contribution in [0.3, 0.4) is 0 Å². The molecule has 0 spiro atoms. The predicted octanol–water partition coefficient (Wildman–Crippen LogP) is 3.36. The Morgan fingerprint density at radius 2 is 1.75 bits per heavy atom. The van der Waals surface area contributed by atoms with Crippen molar-refractivity contribution in [1.29, 1.82) is 0 Å². The fourth-order valence-corrected chi connectivity index (χ4v) is 2.08. The number of methoxy groups -OCH3 is 1. The lowest BCUT2D eigenvalue weighted by Gasteiger charge is -2.21. The molecule has 0 fully saturated rings. The van der Waals surface area contributed by atoms with Gasteiger partial charge in [0.1, 0.15) is 5.75 Å². The van der Waals surface area contributed by atoms with Crippen molar-refractivity contribution in [2.75, 3.05) is 7.11 Å². The Labute approximate surface area is 98.8 Å². The minimum atomic E-state index is 0.119. The standard InChI is InChI=1S/C14H23NO/c1-6-9(2)13(15)12-7-10(3)14(16-5)11(4)8-12/h7-9,13H,6,15H2,1-5H3. The molecule has 0 saturated carbocycles. The van der Waals surface area contributed by atoms with Gasteiger partial charge < -0.3 is 10.5 Å². The summed E-state index contributed by atoms with van der Waals surface area (Å²) >= 11 is 0. The monoisotopic (exact) mass is 221 g/mol. The van der Waals surface area contributed by atoms with Crippen LogP contribution in [0.15, 0.2) is 12.1 Å². The van der Waals surface area contributed by atoms with Crippen molar-refractivity contribution in [2.24, 2.45) is 11.7 Å². The summed E-state index contributed by atoms with van der Waals surface area (Å²) < 4.78 is 5.36. The van der Waals surface area contributed by atoms with Crippen molar-refractivity contribution in [3.8, 4) is 5.75 Å². The molecule has 0 aliphatic carbocycles. The molecule has 1 aromatic rings. The molecule has 0 heterocycles. The van der Waals surface area contributed by atoms with Gasteiger partial charge in [0.2, 0.25) is 0 Å². The Hall–Kier alpha value is -1.02. The van der Waals surface area contributed by atoms with Gasteiger partial charge in [-0.25, -0.2) is 0 Å². The van der Waals surface area contributed by atoms with Crippen molar-refractivity contribution in [3.05, 3.63) is 28.8 Å². The second kappa shape index (κ2) is 5.35. The number of rotatable bonds is 4. The first kappa shape index (κ1) is 13.0. The Morgan fingerprint density at radius 3 is 2.12 bits per heavy atom. The Morgan fingerprint density at radius 1 is 1.25 bits per heavy atom. The Balaban J connectivity index is 3.08. The highest BCUT2D eigenvalue weighted by molar-refractivity contribution is 5.44. The van der Waals surface area contributed by atoms with Crippen molar-refractivity contribution >= 4 is 0 Å². The number of hydrogen-bond acceptors (Lipinski definition) is 2. The van der Waals surface area contributed by atoms with E-state index in [2.05, 4.69) is 39.8 Å². The minimum absolute atomic E-state index is 0.119. The molecule has 1 rings (SSSR count). The molecule has 2 N–H and O–H groups in total. The highest BCUT2D eigenvalue weighted by atomic mass is 16.5. The van der Waals surface area contributed by atoms with Crippen LogP contribution in [0.4, 0.5) is 0 Å². The maximum Gasteiger partial charge on any atom is 0.124 e. The van der Waals surface area contributed by atoms with Gasteiger partial charge >= 0.3 is 0 Å². The van der Waals surface area contributed by atoms with E-state index >= 15 is 0 Å². The van der Waals surface area contributed by atoms with Gasteiger partial charge in [0.05, 0.1) is 7.11 Å². The molecule has 0 aromatic heterocycles. The Kier molecular flexibility index (Phi) is 4.36. The molecule has 0 amide bonds. The van der Waals surface area contributed by atoms with Gasteiger partial charge in [0, 0.05) is 6.04 Å². The number of nitrogens with two attached hydrogens (primary N) is 1. The summed E-state index contributed by atoms with van der Waals surface area (Å²) in [6.07, 6.45) is 1.10. The number of hydrogen-bond donors (Lipinski definition) is 1. The summed E-state index contributed by atoms with van der Waals surface area (Å²) in [5.74, 6) is 1.48. The van der Waals surface area contributed by atoms with Crippen LogP contribution in [0.25, 0.3) is 0 Å². The van der Waals surface area contributed by atoms with Gasteiger partial charge in [-0.1, -0.05) is 32.4 Å². The smallest absolute Gasteiger partial charge is 0.124 e. The van der Waals surface area contributed by atoms with E-state index in [-0.39, 0.29) is 6.04 Å². The molecule has 1 aromatic carbocycles. The normalized spacial score (nSPS) is 14.6. The summed E-state index contributed by atoms with van der Waals surface area (Å²) in [6, 6.07) is 4.40. The summed E-state index contributed by atoms with van der Waals surface area (Å²) in [5.41, 5.74) is 9.78. The van der Waals surface area contributed by atoms with Gasteiger partial charge in [0.15, 0.2) is 0 Å². The van der Waals surface area contributed by atoms with Gasteiger partial charge in [-0.05, 0) is 36.5 Å². The molecule has 0 aliphatic heterocycles. The van der Waals surface area contributed by atoms with Crippen LogP contribution >= 0.6 is 0 Å². The van der Waals surface area contributed by atoms with Gasteiger partial charge in [0.25, 0.3) is 0 Å². The SMILES string of the molecule is CCC(C)C(N)c1cc(C)c(OC)c(C)c1. The van der Waals surface area contributed by atoms with Crippen molar-refractivity contribution in [2.45, 2.75) is 40.2 Å². The van der Waals surface area contributed by atoms with Crippen molar-refractivity contribution < 1.29 is 4.74 Å². The van der Waals surface area contributed by atoms with Crippen LogP contribution < -0.4 is 10.5 Å². The molecular formula is C14H23NO. The lowest BCUT2D eigenvalue weighted by atomic mass is 9.91. The summed E-state index contributed by atoms with van der Waals surface area (Å²) in [6.45, 7) is 8.50. The second-order valence-electron chi connectivity index (χ2n) is 4.60. The molecule has 0 radical (unpaired) electrons. The van der Waals surface area contributed by atoms with Crippen molar-refractivity contribution in [3.63, 3.8) is 0 Å². The maximum absolute atomic E-state index is 6.24. The van der Waals surface area contributed by atoms with Gasteiger partial charge in [-0.2, -0.15) is 0 Å². The number of ether oxygens (including phenoxy) is 1. The number of benzene rings is 1. The maximum atomic E-state index is 6.24. The Bertz CT molecular complexity index is 337.